The van der Waals surface area contributed by atoms with Gasteiger partial charge >= 0.3 is 5.97 Å². The van der Waals surface area contributed by atoms with E-state index in [9.17, 15) is 33.6 Å². The van der Waals surface area contributed by atoms with Gasteiger partial charge in [0, 0.05) is 52.3 Å². The summed E-state index contributed by atoms with van der Waals surface area (Å²) in [6.07, 6.45) is 11.4. The van der Waals surface area contributed by atoms with Crippen molar-refractivity contribution in [2.45, 2.75) is 73.8 Å². The summed E-state index contributed by atoms with van der Waals surface area (Å²) in [4.78, 5) is 75.2. The molecule has 0 spiro atoms. The molecular weight excluding hydrogens is 694 g/mol. The largest absolute Gasteiger partial charge is 0.460 e. The average molecular weight is 766 g/mol. The number of likely N-dealkylation sites (N-methyl/N-ethyl adjacent to an activating group) is 2. The lowest BCUT2D eigenvalue weighted by Crippen LogP contribution is -2.28. The quantitative estimate of drug-likeness (QED) is 0.123. The van der Waals surface area contributed by atoms with Gasteiger partial charge in [0.05, 0.1) is 6.61 Å². The van der Waals surface area contributed by atoms with Gasteiger partial charge in [0.15, 0.2) is 5.78 Å². The zero-order valence-corrected chi connectivity index (χ0v) is 34.5. The van der Waals surface area contributed by atoms with E-state index < -0.39 is 11.9 Å². The lowest BCUT2D eigenvalue weighted by Gasteiger charge is -2.15. The van der Waals surface area contributed by atoms with Crippen LogP contribution in [0.4, 0.5) is 0 Å². The maximum absolute atomic E-state index is 10.8. The third kappa shape index (κ3) is 68.6. The molecule has 0 unspecified atom stereocenters. The van der Waals surface area contributed by atoms with E-state index >= 15 is 0 Å². The predicted molar refractivity (Wildman–Crippen MR) is 221 cm³/mol. The Balaban J connectivity index is -0.0000000960. The first-order valence-electron chi connectivity index (χ1n) is 17.2. The number of aliphatic hydroxyl groups is 1. The molecule has 0 bridgehead atoms. The molecule has 0 atom stereocenters. The molecule has 0 saturated heterocycles. The van der Waals surface area contributed by atoms with E-state index in [1.807, 2.05) is 41.5 Å². The lowest BCUT2D eigenvalue weighted by molar-refractivity contribution is -0.138. The van der Waals surface area contributed by atoms with Gasteiger partial charge in [0.1, 0.15) is 6.61 Å². The lowest BCUT2D eigenvalue weighted by atomic mass is 10.2. The van der Waals surface area contributed by atoms with Crippen LogP contribution in [0.3, 0.4) is 0 Å². The van der Waals surface area contributed by atoms with Gasteiger partial charge in [-0.2, -0.15) is 0 Å². The molecule has 0 aromatic rings. The van der Waals surface area contributed by atoms with Gasteiger partial charge in [0.2, 0.25) is 29.5 Å². The van der Waals surface area contributed by atoms with Gasteiger partial charge in [-0.1, -0.05) is 73.2 Å². The number of primary amides is 1. The first kappa shape index (κ1) is 63.7. The third-order valence-electron chi connectivity index (χ3n) is 5.06. The highest BCUT2D eigenvalue weighted by Crippen LogP contribution is 1.94. The summed E-state index contributed by atoms with van der Waals surface area (Å²) in [5, 5.41) is 13.4. The number of nitrogens with zero attached hydrogens (tertiary/aromatic N) is 2. The molecule has 0 radical (unpaired) electrons. The van der Waals surface area contributed by atoms with E-state index in [2.05, 4.69) is 74.1 Å². The maximum Gasteiger partial charge on any atom is 0.330 e. The Morgan fingerprint density at radius 2 is 1.19 bits per heavy atom. The zero-order valence-electron chi connectivity index (χ0n) is 34.5. The normalized spacial score (nSPS) is 8.37. The van der Waals surface area contributed by atoms with Crippen molar-refractivity contribution in [1.82, 2.24) is 20.4 Å². The number of esters is 1. The van der Waals surface area contributed by atoms with Gasteiger partial charge in [0.25, 0.3) is 0 Å². The Morgan fingerprint density at radius 3 is 1.39 bits per heavy atom. The smallest absolute Gasteiger partial charge is 0.330 e. The topological polar surface area (TPSA) is 206 Å². The van der Waals surface area contributed by atoms with E-state index in [1.165, 1.54) is 35.3 Å². The minimum Gasteiger partial charge on any atom is -0.460 e. The standard InChI is InChI=1S/2C7H13NO.C7H12O.C6H11NO.C5H9NO.C5H8O3.C3H5NO/c1-4-7(9)8-5-6(2)3;1-4-7(9)8(5-2)6-3;1-3-5-6-7(8)4-2;1-4-6(8)7-5(2)3;1-4-5(7)6(2)3;1-2-5(7)8-4-3-6;1-2-3(4)5/h4,6H,1,5H2,2-3H3,(H,8,9);4H,1,5-6H2,2-3H3;4H,2-3,5-6H2,1H3;4-5H,1H2,2-3H3,(H,7,8);4H,1H2,2-3H3;2,6H,1,3-4H2;2H,1H2,(H2,4,5). The fourth-order valence-corrected chi connectivity index (χ4v) is 2.23. The first-order valence-corrected chi connectivity index (χ1v) is 17.2. The molecule has 5 amide bonds. The Morgan fingerprint density at radius 1 is 0.722 bits per heavy atom. The number of allylic oxidation sites excluding steroid dienone is 1. The van der Waals surface area contributed by atoms with Gasteiger partial charge < -0.3 is 36.0 Å². The second kappa shape index (κ2) is 49.7. The van der Waals surface area contributed by atoms with Crippen LogP contribution in [-0.2, 0) is 38.3 Å². The van der Waals surface area contributed by atoms with E-state index in [0.29, 0.717) is 12.3 Å². The van der Waals surface area contributed by atoms with Crippen molar-refractivity contribution < 1.29 is 43.4 Å². The van der Waals surface area contributed by atoms with Crippen LogP contribution in [0.15, 0.2) is 88.6 Å². The van der Waals surface area contributed by atoms with E-state index in [1.54, 1.807) is 19.0 Å². The number of carbonyl (C=O) groups excluding carboxylic acids is 7. The highest BCUT2D eigenvalue weighted by atomic mass is 16.5. The van der Waals surface area contributed by atoms with Gasteiger partial charge in [-0.05, 0) is 76.5 Å². The molecule has 0 aromatic carbocycles. The number of amides is 5. The van der Waals surface area contributed by atoms with Crippen molar-refractivity contribution in [2.24, 2.45) is 11.7 Å². The number of nitrogens with one attached hydrogen (secondary N) is 2. The highest BCUT2D eigenvalue weighted by molar-refractivity contribution is 5.89. The van der Waals surface area contributed by atoms with Crippen LogP contribution in [0.1, 0.15) is 67.7 Å². The van der Waals surface area contributed by atoms with Crippen molar-refractivity contribution in [1.29, 1.82) is 0 Å². The maximum atomic E-state index is 10.8. The molecule has 0 saturated carbocycles. The van der Waals surface area contributed by atoms with E-state index in [0.717, 1.165) is 44.6 Å². The van der Waals surface area contributed by atoms with E-state index in [-0.39, 0.29) is 48.7 Å². The molecular formula is C40H71N5O9. The minimum absolute atomic E-state index is 0.0139. The minimum atomic E-state index is -0.501. The Bertz CT molecular complexity index is 1090. The molecule has 0 rings (SSSR count). The number of ketones is 1. The number of unbranched alkanes of at least 4 members (excludes halogenated alkanes) is 1. The molecule has 54 heavy (non-hydrogen) atoms. The van der Waals surface area contributed by atoms with Crippen molar-refractivity contribution in [3.05, 3.63) is 88.6 Å². The van der Waals surface area contributed by atoms with Crippen LogP contribution in [0, 0.1) is 5.92 Å². The number of rotatable bonds is 17. The molecule has 0 aliphatic rings. The summed E-state index contributed by atoms with van der Waals surface area (Å²) in [6, 6.07) is 0.209. The fourth-order valence-electron chi connectivity index (χ4n) is 2.23. The number of hydrogen-bond donors (Lipinski definition) is 4. The molecule has 14 heteroatoms. The second-order valence-corrected chi connectivity index (χ2v) is 10.8. The number of ether oxygens (including phenoxy) is 1. The fraction of sp³-hybridized carbons (Fsp3) is 0.475. The van der Waals surface area contributed by atoms with Crippen LogP contribution in [0.5, 0.6) is 0 Å². The summed E-state index contributed by atoms with van der Waals surface area (Å²) in [5.41, 5.74) is 4.53. The Labute approximate surface area is 325 Å². The summed E-state index contributed by atoms with van der Waals surface area (Å²) >= 11 is 0. The molecule has 5 N–H and O–H groups in total. The monoisotopic (exact) mass is 766 g/mol. The van der Waals surface area contributed by atoms with Crippen molar-refractivity contribution in [3.8, 4) is 0 Å². The average Bonchev–Trinajstić information content (AvgIpc) is 3.15. The second-order valence-electron chi connectivity index (χ2n) is 10.8. The highest BCUT2D eigenvalue weighted by Gasteiger charge is 2.02. The Kier molecular flexibility index (Phi) is 58.6. The number of carbonyl (C=O) groups is 7. The Hall–Kier alpha value is -5.37. The summed E-state index contributed by atoms with van der Waals surface area (Å²) in [5.74, 6) is -0.562. The summed E-state index contributed by atoms with van der Waals surface area (Å²) in [7, 11) is 3.37. The van der Waals surface area contributed by atoms with Crippen molar-refractivity contribution in [2.75, 3.05) is 46.9 Å². The zero-order chi connectivity index (χ0) is 44.1. The molecule has 14 nitrogen and oxygen atoms in total. The summed E-state index contributed by atoms with van der Waals surface area (Å²) < 4.78 is 4.33. The molecule has 0 aliphatic carbocycles. The van der Waals surface area contributed by atoms with Gasteiger partial charge in [-0.3, -0.25) is 28.8 Å². The molecule has 0 aliphatic heterocycles. The van der Waals surface area contributed by atoms with Crippen molar-refractivity contribution >= 4 is 41.3 Å². The number of aliphatic hydroxyl groups excluding tert-OH is 1. The number of nitrogens with two attached hydrogens (primary N) is 1. The third-order valence-corrected chi connectivity index (χ3v) is 5.06. The SMILES string of the molecule is C=CC(=O)CCCC.C=CC(=O)N(C)C.C=CC(=O)N(CC)CC.C=CC(=O)NC(C)C.C=CC(=O)NCC(C)C.C=CC(=O)OCCO.C=CC(N)=O. The van der Waals surface area contributed by atoms with E-state index in [4.69, 9.17) is 5.11 Å². The van der Waals surface area contributed by atoms with Crippen LogP contribution in [-0.4, -0.2) is 109 Å². The van der Waals surface area contributed by atoms with Crippen molar-refractivity contribution in [3.63, 3.8) is 0 Å². The summed E-state index contributed by atoms with van der Waals surface area (Å²) in [6.45, 7) is 38.9. The van der Waals surface area contributed by atoms with Crippen LogP contribution >= 0.6 is 0 Å². The van der Waals surface area contributed by atoms with Crippen LogP contribution < -0.4 is 16.4 Å². The molecule has 0 heterocycles. The first-order chi connectivity index (χ1) is 25.2. The van der Waals surface area contributed by atoms with Gasteiger partial charge in [-0.15, -0.1) is 0 Å². The molecule has 0 fully saturated rings. The number of hydrogen-bond acceptors (Lipinski definition) is 9. The predicted octanol–water partition coefficient (Wildman–Crippen LogP) is 4.24. The molecule has 310 valence electrons. The van der Waals surface area contributed by atoms with Crippen LogP contribution in [0.25, 0.3) is 0 Å². The van der Waals surface area contributed by atoms with Gasteiger partial charge in [-0.25, -0.2) is 4.79 Å². The molecule has 0 aromatic heterocycles. The van der Waals surface area contributed by atoms with Crippen LogP contribution in [0.2, 0.25) is 0 Å².